The van der Waals surface area contributed by atoms with Crippen molar-refractivity contribution in [2.24, 2.45) is 0 Å². The van der Waals surface area contributed by atoms with Crippen LogP contribution in [0.2, 0.25) is 0 Å². The predicted octanol–water partition coefficient (Wildman–Crippen LogP) is 2.13. The second-order valence-electron chi connectivity index (χ2n) is 11.5. The van der Waals surface area contributed by atoms with Crippen molar-refractivity contribution in [1.29, 1.82) is 5.26 Å². The summed E-state index contributed by atoms with van der Waals surface area (Å²) in [5, 5.41) is 17.9. The number of aryl methyl sites for hydroxylation is 1. The van der Waals surface area contributed by atoms with Crippen LogP contribution >= 0.6 is 0 Å². The third kappa shape index (κ3) is 3.82. The van der Waals surface area contributed by atoms with Gasteiger partial charge < -0.3 is 14.7 Å². The summed E-state index contributed by atoms with van der Waals surface area (Å²) >= 11 is 0. The van der Waals surface area contributed by atoms with Gasteiger partial charge in [0.1, 0.15) is 28.8 Å². The summed E-state index contributed by atoms with van der Waals surface area (Å²) < 4.78 is 23.5. The fraction of sp³-hybridized carbons (Fsp3) is 0.615. The minimum atomic E-state index is -3.40. The van der Waals surface area contributed by atoms with Crippen molar-refractivity contribution in [3.8, 4) is 6.07 Å². The normalized spacial score (nSPS) is 27.4. The molecule has 3 atom stereocenters. The predicted molar refractivity (Wildman–Crippen MR) is 143 cm³/mol. The minimum absolute atomic E-state index is 0.0706. The van der Waals surface area contributed by atoms with Crippen LogP contribution in [0, 0.1) is 11.3 Å². The molecule has 0 aromatic carbocycles. The second-order valence-corrected chi connectivity index (χ2v) is 14.1. The van der Waals surface area contributed by atoms with Gasteiger partial charge in [0.15, 0.2) is 21.3 Å². The maximum atomic E-state index is 13.4. The largest absolute Gasteiger partial charge is 0.350 e. The number of sulfone groups is 1. The zero-order chi connectivity index (χ0) is 27.6. The topological polar surface area (TPSA) is 136 Å². The number of fused-ring (bicyclic) bond motifs is 1. The van der Waals surface area contributed by atoms with Gasteiger partial charge in [0.2, 0.25) is 5.91 Å². The van der Waals surface area contributed by atoms with E-state index in [1.165, 1.54) is 0 Å². The van der Waals surface area contributed by atoms with E-state index in [0.29, 0.717) is 44.0 Å². The molecule has 5 rings (SSSR count). The monoisotopic (exact) mass is 538 g/mol. The standard InChI is InChI=1S/C26H34N8O3S/c1-7-18-10-20(31-30-19(18)11-27)34-14-25(4,5)21-22(28-15-29-23(21)34)32-12-17(3)33(13-16(32)2)24(35)26(6)8-9-38(26,36)37/h10,15-17H,7-9,12-14H2,1-6H3/t16-,17+,26-/m0/s1. The van der Waals surface area contributed by atoms with E-state index in [-0.39, 0.29) is 29.2 Å². The average molecular weight is 539 g/mol. The van der Waals surface area contributed by atoms with Gasteiger partial charge in [-0.2, -0.15) is 5.26 Å². The molecule has 12 heteroatoms. The first-order valence-corrected chi connectivity index (χ1v) is 14.7. The third-order valence-corrected chi connectivity index (χ3v) is 10.9. The lowest BCUT2D eigenvalue weighted by molar-refractivity contribution is -0.137. The summed E-state index contributed by atoms with van der Waals surface area (Å²) in [6, 6.07) is 3.75. The van der Waals surface area contributed by atoms with Crippen molar-refractivity contribution in [2.45, 2.75) is 76.6 Å². The van der Waals surface area contributed by atoms with Crippen molar-refractivity contribution >= 4 is 33.2 Å². The Kier molecular flexibility index (Phi) is 6.13. The Bertz CT molecular complexity index is 1450. The molecule has 2 aromatic heterocycles. The minimum Gasteiger partial charge on any atom is -0.350 e. The third-order valence-electron chi connectivity index (χ3n) is 8.42. The Balaban J connectivity index is 1.48. The van der Waals surface area contributed by atoms with Gasteiger partial charge in [0, 0.05) is 42.7 Å². The molecule has 0 spiro atoms. The van der Waals surface area contributed by atoms with E-state index >= 15 is 0 Å². The molecule has 0 N–H and O–H groups in total. The van der Waals surface area contributed by atoms with Crippen LogP contribution < -0.4 is 9.80 Å². The molecular weight excluding hydrogens is 504 g/mol. The number of nitriles is 1. The van der Waals surface area contributed by atoms with Crippen molar-refractivity contribution in [1.82, 2.24) is 25.1 Å². The van der Waals surface area contributed by atoms with E-state index in [4.69, 9.17) is 4.98 Å². The Hall–Kier alpha value is -3.33. The van der Waals surface area contributed by atoms with E-state index in [9.17, 15) is 18.5 Å². The molecule has 3 aliphatic rings. The van der Waals surface area contributed by atoms with Gasteiger partial charge in [-0.15, -0.1) is 10.2 Å². The van der Waals surface area contributed by atoms with Crippen LogP contribution in [0.4, 0.5) is 17.5 Å². The molecule has 11 nitrogen and oxygen atoms in total. The highest BCUT2D eigenvalue weighted by atomic mass is 32.2. The molecule has 0 unspecified atom stereocenters. The highest BCUT2D eigenvalue weighted by Gasteiger charge is 2.57. The molecule has 202 valence electrons. The summed E-state index contributed by atoms with van der Waals surface area (Å²) in [7, 11) is -3.40. The summed E-state index contributed by atoms with van der Waals surface area (Å²) in [5.74, 6) is 1.99. The van der Waals surface area contributed by atoms with Gasteiger partial charge in [-0.05, 0) is 45.2 Å². The van der Waals surface area contributed by atoms with Gasteiger partial charge in [0.25, 0.3) is 0 Å². The zero-order valence-corrected chi connectivity index (χ0v) is 23.6. The first-order valence-electron chi connectivity index (χ1n) is 13.0. The Labute approximate surface area is 223 Å². The quantitative estimate of drug-likeness (QED) is 0.569. The van der Waals surface area contributed by atoms with Crippen LogP contribution in [0.25, 0.3) is 0 Å². The molecule has 2 saturated heterocycles. The van der Waals surface area contributed by atoms with Gasteiger partial charge in [-0.1, -0.05) is 20.8 Å². The highest BCUT2D eigenvalue weighted by molar-refractivity contribution is 7.95. The van der Waals surface area contributed by atoms with Gasteiger partial charge in [0.05, 0.1) is 5.75 Å². The molecule has 38 heavy (non-hydrogen) atoms. The number of nitrogens with zero attached hydrogens (tertiary/aromatic N) is 8. The molecule has 2 fully saturated rings. The first-order chi connectivity index (χ1) is 17.8. The number of aromatic nitrogens is 4. The molecule has 2 aromatic rings. The van der Waals surface area contributed by atoms with Crippen molar-refractivity contribution < 1.29 is 13.2 Å². The molecule has 3 aliphatic heterocycles. The fourth-order valence-corrected chi connectivity index (χ4v) is 7.40. The Morgan fingerprint density at radius 3 is 2.45 bits per heavy atom. The number of hydrogen-bond donors (Lipinski definition) is 0. The molecule has 0 saturated carbocycles. The first kappa shape index (κ1) is 26.3. The van der Waals surface area contributed by atoms with Gasteiger partial charge in [-0.25, -0.2) is 18.4 Å². The summed E-state index contributed by atoms with van der Waals surface area (Å²) in [6.07, 6.45) is 2.59. The molecule has 1 amide bonds. The smallest absolute Gasteiger partial charge is 0.244 e. The average Bonchev–Trinajstić information content (AvgIpc) is 3.18. The maximum absolute atomic E-state index is 13.4. The number of rotatable bonds is 4. The molecule has 5 heterocycles. The number of amides is 1. The van der Waals surface area contributed by atoms with E-state index in [1.54, 1.807) is 18.2 Å². The Morgan fingerprint density at radius 1 is 1.13 bits per heavy atom. The maximum Gasteiger partial charge on any atom is 0.244 e. The van der Waals surface area contributed by atoms with E-state index in [0.717, 1.165) is 22.8 Å². The summed E-state index contributed by atoms with van der Waals surface area (Å²) in [4.78, 5) is 28.7. The van der Waals surface area contributed by atoms with Gasteiger partial charge >= 0.3 is 0 Å². The fourth-order valence-electron chi connectivity index (χ4n) is 5.87. The number of piperazine rings is 1. The summed E-state index contributed by atoms with van der Waals surface area (Å²) in [5.41, 5.74) is 1.86. The SMILES string of the molecule is CCc1cc(N2CC(C)(C)c3c2ncnc3N2C[C@@H](C)N(C(=O)[C@]3(C)CCS3(=O)=O)C[C@@H]2C)nnc1C#N. The number of hydrogen-bond acceptors (Lipinski definition) is 10. The van der Waals surface area contributed by atoms with Crippen LogP contribution in [-0.4, -0.2) is 81.6 Å². The van der Waals surface area contributed by atoms with Crippen molar-refractivity contribution in [3.63, 3.8) is 0 Å². The summed E-state index contributed by atoms with van der Waals surface area (Å²) in [6.45, 7) is 13.4. The van der Waals surface area contributed by atoms with Crippen LogP contribution in [0.3, 0.4) is 0 Å². The number of carbonyl (C=O) groups is 1. The molecule has 0 aliphatic carbocycles. The number of anilines is 3. The molecule has 0 radical (unpaired) electrons. The van der Waals surface area contributed by atoms with E-state index < -0.39 is 14.6 Å². The molecule has 0 bridgehead atoms. The Morgan fingerprint density at radius 2 is 1.84 bits per heavy atom. The second kappa shape index (κ2) is 8.86. The van der Waals surface area contributed by atoms with Crippen LogP contribution in [0.15, 0.2) is 12.4 Å². The lowest BCUT2D eigenvalue weighted by atomic mass is 9.87. The lowest BCUT2D eigenvalue weighted by Crippen LogP contribution is -2.66. The van der Waals surface area contributed by atoms with Crippen LogP contribution in [-0.2, 0) is 26.5 Å². The van der Waals surface area contributed by atoms with Crippen molar-refractivity contribution in [3.05, 3.63) is 29.2 Å². The van der Waals surface area contributed by atoms with Gasteiger partial charge in [-0.3, -0.25) is 4.79 Å². The highest BCUT2D eigenvalue weighted by Crippen LogP contribution is 2.47. The lowest BCUT2D eigenvalue weighted by Gasteiger charge is -2.49. The number of carbonyl (C=O) groups excluding carboxylic acids is 1. The van der Waals surface area contributed by atoms with E-state index in [1.807, 2.05) is 31.7 Å². The van der Waals surface area contributed by atoms with Crippen LogP contribution in [0.5, 0.6) is 0 Å². The van der Waals surface area contributed by atoms with Crippen molar-refractivity contribution in [2.75, 3.05) is 35.2 Å². The van der Waals surface area contributed by atoms with Crippen LogP contribution in [0.1, 0.15) is 64.8 Å². The van der Waals surface area contributed by atoms with E-state index in [2.05, 4.69) is 40.0 Å². The molecular formula is C26H34N8O3S. The zero-order valence-electron chi connectivity index (χ0n) is 22.8.